The molecule has 0 amide bonds. The first-order valence-corrected chi connectivity index (χ1v) is 11.6. The number of hydrogen-bond donors (Lipinski definition) is 0. The zero-order valence-corrected chi connectivity index (χ0v) is 21.1. The molecule has 0 atom stereocenters. The van der Waals surface area contributed by atoms with Crippen LogP contribution in [0.25, 0.3) is 11.1 Å². The molecule has 0 unspecified atom stereocenters. The Morgan fingerprint density at radius 1 is 0.618 bits per heavy atom. The Hall–Kier alpha value is -1.78. The van der Waals surface area contributed by atoms with Crippen LogP contribution in [0.15, 0.2) is 37.1 Å². The summed E-state index contributed by atoms with van der Waals surface area (Å²) in [5, 5.41) is 0. The molecule has 0 aliphatic carbocycles. The third kappa shape index (κ3) is 16.0. The van der Waals surface area contributed by atoms with Gasteiger partial charge in [0.1, 0.15) is 6.61 Å². The minimum absolute atomic E-state index is 0.461. The molecular weight excluding hydrogens is 440 g/mol. The first kappa shape index (κ1) is 30.3. The maximum atomic E-state index is 5.65. The minimum atomic E-state index is 0.461. The molecule has 0 saturated carbocycles. The summed E-state index contributed by atoms with van der Waals surface area (Å²) in [6, 6.07) is 8.18. The highest BCUT2D eigenvalue weighted by atomic mass is 16.6. The van der Waals surface area contributed by atoms with E-state index in [1.807, 2.05) is 19.1 Å². The maximum Gasteiger partial charge on any atom is 0.111 e. The molecule has 0 aliphatic rings. The Morgan fingerprint density at radius 3 is 1.53 bits per heavy atom. The van der Waals surface area contributed by atoms with Crippen molar-refractivity contribution in [3.63, 3.8) is 0 Å². The Labute approximate surface area is 204 Å². The average molecular weight is 483 g/mol. The molecule has 8 nitrogen and oxygen atoms in total. The zero-order valence-electron chi connectivity index (χ0n) is 21.1. The van der Waals surface area contributed by atoms with Gasteiger partial charge in [0.25, 0.3) is 0 Å². The van der Waals surface area contributed by atoms with E-state index in [9.17, 15) is 0 Å². The van der Waals surface area contributed by atoms with Crippen LogP contribution in [0.1, 0.15) is 18.1 Å². The van der Waals surface area contributed by atoms with Gasteiger partial charge in [0.2, 0.25) is 0 Å². The number of benzene rings is 1. The molecule has 0 heterocycles. The van der Waals surface area contributed by atoms with E-state index in [-0.39, 0.29) is 0 Å². The van der Waals surface area contributed by atoms with Crippen molar-refractivity contribution in [2.24, 2.45) is 0 Å². The van der Waals surface area contributed by atoms with Crippen molar-refractivity contribution in [1.29, 1.82) is 0 Å². The van der Waals surface area contributed by atoms with Crippen LogP contribution in [0.3, 0.4) is 0 Å². The summed E-state index contributed by atoms with van der Waals surface area (Å²) in [4.78, 5) is 0. The second-order valence-corrected chi connectivity index (χ2v) is 7.34. The van der Waals surface area contributed by atoms with E-state index in [0.29, 0.717) is 85.9 Å². The summed E-state index contributed by atoms with van der Waals surface area (Å²) in [6.45, 7) is 13.2. The van der Waals surface area contributed by atoms with E-state index in [4.69, 9.17) is 37.9 Å². The third-order valence-electron chi connectivity index (χ3n) is 4.61. The van der Waals surface area contributed by atoms with Gasteiger partial charge in [-0.3, -0.25) is 0 Å². The van der Waals surface area contributed by atoms with E-state index in [2.05, 4.69) is 18.7 Å². The molecule has 1 aromatic carbocycles. The van der Waals surface area contributed by atoms with Gasteiger partial charge in [-0.2, -0.15) is 0 Å². The van der Waals surface area contributed by atoms with Crippen LogP contribution in [0.2, 0.25) is 0 Å². The fourth-order valence-electron chi connectivity index (χ4n) is 2.65. The topological polar surface area (TPSA) is 73.8 Å². The molecule has 1 aromatic rings. The summed E-state index contributed by atoms with van der Waals surface area (Å²) < 4.78 is 42.6. The van der Waals surface area contributed by atoms with Crippen LogP contribution >= 0.6 is 0 Å². The second-order valence-electron chi connectivity index (χ2n) is 7.34. The number of hydrogen-bond acceptors (Lipinski definition) is 8. The number of allylic oxidation sites excluding steroid dienone is 1. The molecule has 194 valence electrons. The molecule has 0 radical (unpaired) electrons. The minimum Gasteiger partial charge on any atom is -0.498 e. The number of rotatable bonds is 23. The molecule has 0 aliphatic heterocycles. The summed E-state index contributed by atoms with van der Waals surface area (Å²) in [7, 11) is 3.30. The highest BCUT2D eigenvalue weighted by molar-refractivity contribution is 5.68. The largest absolute Gasteiger partial charge is 0.498 e. The Balaban J connectivity index is 2.13. The van der Waals surface area contributed by atoms with Crippen LogP contribution in [-0.2, 0) is 37.9 Å². The monoisotopic (exact) mass is 482 g/mol. The van der Waals surface area contributed by atoms with Gasteiger partial charge < -0.3 is 37.9 Å². The SMILES string of the molecule is C=C(COCCOCCOCCOC)c1ccc(/C(C)=C\OCCOCCOCCOC)cc1. The smallest absolute Gasteiger partial charge is 0.111 e. The predicted octanol–water partition coefficient (Wildman–Crippen LogP) is 3.45. The normalized spacial score (nSPS) is 11.7. The van der Waals surface area contributed by atoms with Crippen molar-refractivity contribution in [3.8, 4) is 0 Å². The molecule has 0 bridgehead atoms. The molecule has 0 fully saturated rings. The predicted molar refractivity (Wildman–Crippen MR) is 133 cm³/mol. The van der Waals surface area contributed by atoms with Crippen molar-refractivity contribution in [3.05, 3.63) is 48.2 Å². The lowest BCUT2D eigenvalue weighted by Gasteiger charge is -2.10. The summed E-state index contributed by atoms with van der Waals surface area (Å²) in [5.74, 6) is 0. The van der Waals surface area contributed by atoms with Crippen LogP contribution in [0.4, 0.5) is 0 Å². The fourth-order valence-corrected chi connectivity index (χ4v) is 2.65. The highest BCUT2D eigenvalue weighted by Crippen LogP contribution is 2.18. The van der Waals surface area contributed by atoms with Crippen molar-refractivity contribution in [2.45, 2.75) is 6.92 Å². The van der Waals surface area contributed by atoms with Crippen molar-refractivity contribution in [2.75, 3.05) is 100 Å². The number of ether oxygens (including phenoxy) is 8. The van der Waals surface area contributed by atoms with Crippen molar-refractivity contribution >= 4 is 11.1 Å². The maximum absolute atomic E-state index is 5.65. The van der Waals surface area contributed by atoms with Gasteiger partial charge in [0.05, 0.1) is 85.5 Å². The lowest BCUT2D eigenvalue weighted by Crippen LogP contribution is -2.11. The lowest BCUT2D eigenvalue weighted by molar-refractivity contribution is 0.00763. The molecule has 1 rings (SSSR count). The highest BCUT2D eigenvalue weighted by Gasteiger charge is 2.02. The molecule has 0 spiro atoms. The molecule has 0 N–H and O–H groups in total. The summed E-state index contributed by atoms with van der Waals surface area (Å²) in [6.07, 6.45) is 1.76. The Kier molecular flexibility index (Phi) is 19.3. The van der Waals surface area contributed by atoms with E-state index < -0.39 is 0 Å². The van der Waals surface area contributed by atoms with Crippen LogP contribution in [0.5, 0.6) is 0 Å². The Morgan fingerprint density at radius 2 is 1.03 bits per heavy atom. The molecule has 34 heavy (non-hydrogen) atoms. The third-order valence-corrected chi connectivity index (χ3v) is 4.61. The fraction of sp³-hybridized carbons (Fsp3) is 0.615. The quantitative estimate of drug-likeness (QED) is 0.173. The van der Waals surface area contributed by atoms with Gasteiger partial charge in [-0.15, -0.1) is 0 Å². The van der Waals surface area contributed by atoms with Crippen LogP contribution in [0, 0.1) is 0 Å². The van der Waals surface area contributed by atoms with Gasteiger partial charge >= 0.3 is 0 Å². The molecular formula is C26H42O8. The first-order valence-electron chi connectivity index (χ1n) is 11.6. The van der Waals surface area contributed by atoms with Gasteiger partial charge in [-0.05, 0) is 29.2 Å². The Bertz CT molecular complexity index is 645. The van der Waals surface area contributed by atoms with Crippen LogP contribution in [-0.4, -0.2) is 100 Å². The van der Waals surface area contributed by atoms with Crippen molar-refractivity contribution in [1.82, 2.24) is 0 Å². The van der Waals surface area contributed by atoms with Gasteiger partial charge in [-0.25, -0.2) is 0 Å². The van der Waals surface area contributed by atoms with Gasteiger partial charge in [0.15, 0.2) is 0 Å². The summed E-state index contributed by atoms with van der Waals surface area (Å²) in [5.41, 5.74) is 4.10. The summed E-state index contributed by atoms with van der Waals surface area (Å²) >= 11 is 0. The van der Waals surface area contributed by atoms with Gasteiger partial charge in [-0.1, -0.05) is 30.8 Å². The second kappa shape index (κ2) is 21.7. The van der Waals surface area contributed by atoms with E-state index in [1.165, 1.54) is 0 Å². The van der Waals surface area contributed by atoms with E-state index >= 15 is 0 Å². The first-order chi connectivity index (χ1) is 16.7. The van der Waals surface area contributed by atoms with Crippen molar-refractivity contribution < 1.29 is 37.9 Å². The van der Waals surface area contributed by atoms with E-state index in [0.717, 1.165) is 22.3 Å². The lowest BCUT2D eigenvalue weighted by atomic mass is 10.0. The molecule has 0 saturated heterocycles. The number of methoxy groups -OCH3 is 2. The van der Waals surface area contributed by atoms with Gasteiger partial charge in [0, 0.05) is 14.2 Å². The standard InChI is InChI=1S/C26H42O8/c1-23(21-33-19-17-31-15-13-29-11-9-27-3)25-5-7-26(8-6-25)24(2)22-34-20-18-32-16-14-30-12-10-28-4/h5-8,22H,1,9-21H2,2-4H3/b24-22-. The molecule has 0 aromatic heterocycles. The zero-order chi connectivity index (χ0) is 24.7. The van der Waals surface area contributed by atoms with E-state index in [1.54, 1.807) is 20.5 Å². The molecule has 8 heteroatoms. The van der Waals surface area contributed by atoms with Crippen LogP contribution < -0.4 is 0 Å². The average Bonchev–Trinajstić information content (AvgIpc) is 2.86.